The molecule has 2 rings (SSSR count). The van der Waals surface area contributed by atoms with Crippen molar-refractivity contribution >= 4 is 39.8 Å². The maximum absolute atomic E-state index is 12.1. The van der Waals surface area contributed by atoms with Crippen LogP contribution in [-0.2, 0) is 0 Å². The van der Waals surface area contributed by atoms with Gasteiger partial charge in [0.25, 0.3) is 5.91 Å². The minimum atomic E-state index is -0.00999. The van der Waals surface area contributed by atoms with Crippen molar-refractivity contribution in [2.45, 2.75) is 6.04 Å². The Kier molecular flexibility index (Phi) is 5.56. The maximum atomic E-state index is 12.1. The summed E-state index contributed by atoms with van der Waals surface area (Å²) < 4.78 is 1.13. The van der Waals surface area contributed by atoms with Gasteiger partial charge >= 0.3 is 0 Å². The summed E-state index contributed by atoms with van der Waals surface area (Å²) in [6, 6.07) is 12.1. The molecule has 0 unspecified atom stereocenters. The summed E-state index contributed by atoms with van der Waals surface area (Å²) >= 11 is 3.97. The molecule has 0 saturated carbocycles. The van der Waals surface area contributed by atoms with Crippen LogP contribution in [0, 0.1) is 3.57 Å². The Bertz CT molecular complexity index is 552. The van der Waals surface area contributed by atoms with Gasteiger partial charge in [-0.1, -0.05) is 6.07 Å². The molecule has 0 aliphatic carbocycles. The molecule has 1 aromatic carbocycles. The third kappa shape index (κ3) is 4.04. The Balaban J connectivity index is 1.99. The molecule has 0 aliphatic rings. The van der Waals surface area contributed by atoms with Gasteiger partial charge in [-0.25, -0.2) is 0 Å². The van der Waals surface area contributed by atoms with Crippen molar-refractivity contribution in [1.29, 1.82) is 0 Å². The van der Waals surface area contributed by atoms with Crippen LogP contribution in [0.15, 0.2) is 41.8 Å². The summed E-state index contributed by atoms with van der Waals surface area (Å²) in [6.45, 7) is 0.646. The molecule has 0 spiro atoms. The molecule has 2 N–H and O–H groups in total. The molecule has 2 aromatic rings. The van der Waals surface area contributed by atoms with Crippen molar-refractivity contribution in [3.8, 4) is 0 Å². The highest BCUT2D eigenvalue weighted by atomic mass is 127. The van der Waals surface area contributed by atoms with E-state index < -0.39 is 0 Å². The van der Waals surface area contributed by atoms with E-state index in [1.54, 1.807) is 11.3 Å². The van der Waals surface area contributed by atoms with Crippen molar-refractivity contribution in [2.75, 3.05) is 20.6 Å². The molecule has 5 heteroatoms. The molecular weight excluding hydrogens is 383 g/mol. The molecule has 0 bridgehead atoms. The molecule has 0 saturated heterocycles. The number of likely N-dealkylation sites (N-methyl/N-ethyl adjacent to an activating group) is 1. The number of halogens is 1. The van der Waals surface area contributed by atoms with E-state index in [-0.39, 0.29) is 5.91 Å². The lowest BCUT2D eigenvalue weighted by molar-refractivity contribution is -0.890. The molecule has 0 aliphatic heterocycles. The predicted octanol–water partition coefficient (Wildman–Crippen LogP) is 1.97. The van der Waals surface area contributed by atoms with Crippen molar-refractivity contribution < 1.29 is 9.69 Å². The SMILES string of the molecule is C[NH+](C)[C@@H](CNC(=O)c1ccc(I)cc1)c1cccs1. The molecule has 1 aromatic heterocycles. The average Bonchev–Trinajstić information content (AvgIpc) is 2.93. The van der Waals surface area contributed by atoms with Gasteiger partial charge in [-0.05, 0) is 58.3 Å². The second-order valence-electron chi connectivity index (χ2n) is 4.86. The predicted molar refractivity (Wildman–Crippen MR) is 91.4 cm³/mol. The van der Waals surface area contributed by atoms with E-state index in [9.17, 15) is 4.79 Å². The van der Waals surface area contributed by atoms with Crippen LogP contribution >= 0.6 is 33.9 Å². The first-order chi connectivity index (χ1) is 9.58. The van der Waals surface area contributed by atoms with E-state index in [0.29, 0.717) is 18.2 Å². The van der Waals surface area contributed by atoms with Gasteiger partial charge in [0.05, 0.1) is 25.5 Å². The van der Waals surface area contributed by atoms with Crippen molar-refractivity contribution in [2.24, 2.45) is 0 Å². The normalized spacial score (nSPS) is 12.4. The number of hydrogen-bond donors (Lipinski definition) is 2. The van der Waals surface area contributed by atoms with Gasteiger partial charge in [-0.2, -0.15) is 0 Å². The fourth-order valence-electron chi connectivity index (χ4n) is 1.98. The number of carbonyl (C=O) groups excluding carboxylic acids is 1. The smallest absolute Gasteiger partial charge is 0.251 e. The molecule has 0 fully saturated rings. The first kappa shape index (κ1) is 15.5. The standard InChI is InChI=1S/C15H17IN2OS/c1-18(2)13(14-4-3-9-20-14)10-17-15(19)11-5-7-12(16)8-6-11/h3-9,13H,10H2,1-2H3,(H,17,19)/p+1/t13-/m0/s1. The van der Waals surface area contributed by atoms with Gasteiger partial charge in [0, 0.05) is 9.13 Å². The molecule has 1 amide bonds. The average molecular weight is 401 g/mol. The summed E-state index contributed by atoms with van der Waals surface area (Å²) in [4.78, 5) is 14.7. The Morgan fingerprint density at radius 1 is 1.30 bits per heavy atom. The molecule has 1 heterocycles. The zero-order chi connectivity index (χ0) is 14.5. The number of quaternary nitrogens is 1. The molecule has 106 valence electrons. The van der Waals surface area contributed by atoms with Crippen LogP contribution in [0.25, 0.3) is 0 Å². The lowest BCUT2D eigenvalue weighted by atomic mass is 10.2. The Hall–Kier alpha value is -0.920. The fourth-order valence-corrected chi connectivity index (χ4v) is 3.29. The number of carbonyl (C=O) groups is 1. The van der Waals surface area contributed by atoms with E-state index in [1.807, 2.05) is 24.3 Å². The Morgan fingerprint density at radius 2 is 2.00 bits per heavy atom. The second kappa shape index (κ2) is 7.19. The van der Waals surface area contributed by atoms with Crippen LogP contribution < -0.4 is 10.2 Å². The number of rotatable bonds is 5. The van der Waals surface area contributed by atoms with Gasteiger partial charge in [-0.3, -0.25) is 4.79 Å². The Labute approximate surface area is 137 Å². The van der Waals surface area contributed by atoms with E-state index in [2.05, 4.69) is 59.5 Å². The summed E-state index contributed by atoms with van der Waals surface area (Å²) in [5, 5.41) is 5.11. The van der Waals surface area contributed by atoms with Crippen LogP contribution in [0.1, 0.15) is 21.3 Å². The van der Waals surface area contributed by atoms with E-state index in [4.69, 9.17) is 0 Å². The molecule has 0 radical (unpaired) electrons. The monoisotopic (exact) mass is 401 g/mol. The fraction of sp³-hybridized carbons (Fsp3) is 0.267. The van der Waals surface area contributed by atoms with E-state index >= 15 is 0 Å². The zero-order valence-electron chi connectivity index (χ0n) is 11.5. The maximum Gasteiger partial charge on any atom is 0.251 e. The highest BCUT2D eigenvalue weighted by Crippen LogP contribution is 2.15. The molecule has 3 nitrogen and oxygen atoms in total. The van der Waals surface area contributed by atoms with E-state index in [0.717, 1.165) is 3.57 Å². The van der Waals surface area contributed by atoms with Gasteiger partial charge in [0.15, 0.2) is 0 Å². The number of nitrogens with one attached hydrogen (secondary N) is 2. The number of amides is 1. The quantitative estimate of drug-likeness (QED) is 0.739. The van der Waals surface area contributed by atoms with Gasteiger partial charge in [-0.15, -0.1) is 11.3 Å². The van der Waals surface area contributed by atoms with Crippen LogP contribution in [0.2, 0.25) is 0 Å². The van der Waals surface area contributed by atoms with Crippen molar-refractivity contribution in [3.05, 3.63) is 55.8 Å². The van der Waals surface area contributed by atoms with Crippen LogP contribution in [0.5, 0.6) is 0 Å². The first-order valence-electron chi connectivity index (χ1n) is 6.45. The minimum Gasteiger partial charge on any atom is -0.346 e. The van der Waals surface area contributed by atoms with Gasteiger partial charge in [0.2, 0.25) is 0 Å². The minimum absolute atomic E-state index is 0.00999. The van der Waals surface area contributed by atoms with Gasteiger partial charge in [0.1, 0.15) is 6.04 Å². The van der Waals surface area contributed by atoms with Crippen molar-refractivity contribution in [1.82, 2.24) is 5.32 Å². The summed E-state index contributed by atoms with van der Waals surface area (Å²) in [6.07, 6.45) is 0. The highest BCUT2D eigenvalue weighted by molar-refractivity contribution is 14.1. The zero-order valence-corrected chi connectivity index (χ0v) is 14.5. The molecule has 1 atom stereocenters. The number of benzene rings is 1. The summed E-state index contributed by atoms with van der Waals surface area (Å²) in [7, 11) is 4.23. The highest BCUT2D eigenvalue weighted by Gasteiger charge is 2.19. The summed E-state index contributed by atoms with van der Waals surface area (Å²) in [5.41, 5.74) is 0.712. The number of hydrogen-bond acceptors (Lipinski definition) is 2. The van der Waals surface area contributed by atoms with Gasteiger partial charge < -0.3 is 10.2 Å². The second-order valence-corrected chi connectivity index (χ2v) is 7.09. The van der Waals surface area contributed by atoms with Crippen LogP contribution in [0.3, 0.4) is 0 Å². The first-order valence-corrected chi connectivity index (χ1v) is 8.41. The number of thiophene rings is 1. The van der Waals surface area contributed by atoms with E-state index in [1.165, 1.54) is 9.78 Å². The van der Waals surface area contributed by atoms with Crippen LogP contribution in [0.4, 0.5) is 0 Å². The summed E-state index contributed by atoms with van der Waals surface area (Å²) in [5.74, 6) is -0.00999. The topological polar surface area (TPSA) is 33.5 Å². The Morgan fingerprint density at radius 3 is 2.55 bits per heavy atom. The lowest BCUT2D eigenvalue weighted by Crippen LogP contribution is -3.06. The van der Waals surface area contributed by atoms with Crippen LogP contribution in [-0.4, -0.2) is 26.5 Å². The largest absolute Gasteiger partial charge is 0.346 e. The third-order valence-corrected chi connectivity index (χ3v) is 4.86. The lowest BCUT2D eigenvalue weighted by Gasteiger charge is -2.20. The third-order valence-electron chi connectivity index (χ3n) is 3.16. The molecule has 20 heavy (non-hydrogen) atoms. The van der Waals surface area contributed by atoms with Crippen molar-refractivity contribution in [3.63, 3.8) is 0 Å². The molecular formula is C15H18IN2OS+.